The molecule has 0 spiro atoms. The first-order valence-electron chi connectivity index (χ1n) is 6.99. The molecule has 0 aromatic carbocycles. The highest BCUT2D eigenvalue weighted by Crippen LogP contribution is 2.09. The molecule has 0 rings (SSSR count). The fourth-order valence-electron chi connectivity index (χ4n) is 1.75. The van der Waals surface area contributed by atoms with E-state index >= 15 is 0 Å². The Hall–Kier alpha value is -1.15. The summed E-state index contributed by atoms with van der Waals surface area (Å²) < 4.78 is 22.0. The van der Waals surface area contributed by atoms with Crippen LogP contribution in [-0.4, -0.2) is 49.5 Å². The normalized spacial score (nSPS) is 16.0. The van der Waals surface area contributed by atoms with Crippen LogP contribution in [0.4, 0.5) is 0 Å². The van der Waals surface area contributed by atoms with Crippen molar-refractivity contribution in [2.45, 2.75) is 51.6 Å². The van der Waals surface area contributed by atoms with Gasteiger partial charge in [0, 0.05) is 12.3 Å². The molecule has 0 aliphatic carbocycles. The number of hydrogen-bond acceptors (Lipinski definition) is 5. The fourth-order valence-corrected chi connectivity index (χ4v) is 2.43. The van der Waals surface area contributed by atoms with Gasteiger partial charge in [0.1, 0.15) is 9.84 Å². The Balaban J connectivity index is 4.00. The van der Waals surface area contributed by atoms with E-state index in [2.05, 4.69) is 5.32 Å². The number of hydrogen-bond donors (Lipinski definition) is 3. The van der Waals surface area contributed by atoms with Gasteiger partial charge in [0.25, 0.3) is 0 Å². The van der Waals surface area contributed by atoms with E-state index in [1.54, 1.807) is 6.92 Å². The van der Waals surface area contributed by atoms with Crippen molar-refractivity contribution in [3.8, 4) is 0 Å². The molecule has 0 aliphatic heterocycles. The zero-order valence-electron chi connectivity index (χ0n) is 12.8. The fraction of sp³-hybridized carbons (Fsp3) is 0.846. The first-order valence-corrected chi connectivity index (χ1v) is 9.05. The molecule has 7 nitrogen and oxygen atoms in total. The largest absolute Gasteiger partial charge is 0.481 e. The van der Waals surface area contributed by atoms with E-state index in [0.717, 1.165) is 6.26 Å². The number of aliphatic carboxylic acids is 1. The predicted octanol–water partition coefficient (Wildman–Crippen LogP) is 0.144. The zero-order chi connectivity index (χ0) is 16.6. The van der Waals surface area contributed by atoms with Gasteiger partial charge in [0.2, 0.25) is 5.91 Å². The van der Waals surface area contributed by atoms with Crippen LogP contribution >= 0.6 is 0 Å². The average Bonchev–Trinajstić information content (AvgIpc) is 2.34. The van der Waals surface area contributed by atoms with Crippen LogP contribution < -0.4 is 11.1 Å². The summed E-state index contributed by atoms with van der Waals surface area (Å²) in [5.74, 6) is -1.72. The van der Waals surface area contributed by atoms with Gasteiger partial charge in [0.15, 0.2) is 0 Å². The van der Waals surface area contributed by atoms with Gasteiger partial charge in [-0.3, -0.25) is 9.59 Å². The minimum Gasteiger partial charge on any atom is -0.481 e. The minimum atomic E-state index is -3.13. The highest BCUT2D eigenvalue weighted by atomic mass is 32.2. The predicted molar refractivity (Wildman–Crippen MR) is 80.6 cm³/mol. The minimum absolute atomic E-state index is 0.0907. The Labute approximate surface area is 126 Å². The summed E-state index contributed by atoms with van der Waals surface area (Å²) in [4.78, 5) is 22.4. The van der Waals surface area contributed by atoms with Gasteiger partial charge in [-0.05, 0) is 26.2 Å². The Morgan fingerprint density at radius 1 is 1.19 bits per heavy atom. The highest BCUT2D eigenvalue weighted by Gasteiger charge is 2.18. The molecule has 0 radical (unpaired) electrons. The molecule has 0 saturated heterocycles. The summed E-state index contributed by atoms with van der Waals surface area (Å²) >= 11 is 0. The van der Waals surface area contributed by atoms with Crippen molar-refractivity contribution >= 4 is 21.7 Å². The Morgan fingerprint density at radius 3 is 2.24 bits per heavy atom. The van der Waals surface area contributed by atoms with Crippen molar-refractivity contribution < 1.29 is 23.1 Å². The second kappa shape index (κ2) is 8.99. The van der Waals surface area contributed by atoms with Crippen molar-refractivity contribution in [2.75, 3.05) is 12.0 Å². The van der Waals surface area contributed by atoms with Gasteiger partial charge in [-0.1, -0.05) is 13.3 Å². The molecule has 0 aromatic rings. The number of rotatable bonds is 10. The van der Waals surface area contributed by atoms with Crippen LogP contribution in [0.25, 0.3) is 0 Å². The molecular formula is C13H26N2O5S. The van der Waals surface area contributed by atoms with E-state index in [1.807, 2.05) is 6.92 Å². The molecule has 0 bridgehead atoms. The Kier molecular flexibility index (Phi) is 8.50. The van der Waals surface area contributed by atoms with E-state index < -0.39 is 27.8 Å². The van der Waals surface area contributed by atoms with Crippen LogP contribution in [-0.2, 0) is 19.4 Å². The lowest BCUT2D eigenvalue weighted by Crippen LogP contribution is -2.45. The first-order chi connectivity index (χ1) is 9.53. The van der Waals surface area contributed by atoms with Crippen LogP contribution in [0.2, 0.25) is 0 Å². The topological polar surface area (TPSA) is 127 Å². The van der Waals surface area contributed by atoms with E-state index in [4.69, 9.17) is 10.8 Å². The number of nitrogens with one attached hydrogen (secondary N) is 1. The molecular weight excluding hydrogens is 296 g/mol. The molecule has 8 heteroatoms. The summed E-state index contributed by atoms with van der Waals surface area (Å²) in [6.07, 6.45) is 3.09. The molecule has 21 heavy (non-hydrogen) atoms. The maximum Gasteiger partial charge on any atom is 0.306 e. The van der Waals surface area contributed by atoms with Crippen molar-refractivity contribution in [2.24, 2.45) is 11.7 Å². The van der Waals surface area contributed by atoms with Crippen LogP contribution in [0.1, 0.15) is 39.5 Å². The number of carboxylic acid groups (broad SMARTS) is 1. The lowest BCUT2D eigenvalue weighted by atomic mass is 10.0. The van der Waals surface area contributed by atoms with E-state index in [1.165, 1.54) is 0 Å². The number of carboxylic acids is 1. The first kappa shape index (κ1) is 19.9. The van der Waals surface area contributed by atoms with Crippen LogP contribution in [0.3, 0.4) is 0 Å². The van der Waals surface area contributed by atoms with Crippen LogP contribution in [0, 0.1) is 5.92 Å². The second-order valence-corrected chi connectivity index (χ2v) is 7.86. The number of carbonyl (C=O) groups is 2. The van der Waals surface area contributed by atoms with E-state index in [9.17, 15) is 18.0 Å². The maximum absolute atomic E-state index is 11.8. The molecule has 3 unspecified atom stereocenters. The summed E-state index contributed by atoms with van der Waals surface area (Å²) in [5.41, 5.74) is 5.64. The number of carbonyl (C=O) groups excluding carboxylic acids is 1. The van der Waals surface area contributed by atoms with Crippen molar-refractivity contribution in [3.63, 3.8) is 0 Å². The van der Waals surface area contributed by atoms with Gasteiger partial charge in [-0.2, -0.15) is 0 Å². The summed E-state index contributed by atoms with van der Waals surface area (Å²) in [7, 11) is -3.13. The van der Waals surface area contributed by atoms with Gasteiger partial charge in [-0.15, -0.1) is 0 Å². The monoisotopic (exact) mass is 322 g/mol. The van der Waals surface area contributed by atoms with Crippen molar-refractivity contribution in [1.82, 2.24) is 5.32 Å². The number of amides is 1. The summed E-state index contributed by atoms with van der Waals surface area (Å²) in [6.45, 7) is 3.46. The maximum atomic E-state index is 11.8. The van der Waals surface area contributed by atoms with Gasteiger partial charge in [0.05, 0.1) is 17.7 Å². The smallest absolute Gasteiger partial charge is 0.306 e. The molecule has 0 aliphatic rings. The second-order valence-electron chi connectivity index (χ2n) is 5.60. The van der Waals surface area contributed by atoms with Crippen LogP contribution in [0.5, 0.6) is 0 Å². The number of sulfone groups is 1. The molecule has 3 atom stereocenters. The van der Waals surface area contributed by atoms with E-state index in [-0.39, 0.29) is 24.1 Å². The molecule has 0 saturated carbocycles. The Bertz CT molecular complexity index is 449. The SMILES string of the molecule is CC(CCCC(C)C(=O)O)NC(=O)C(N)CCS(C)(=O)=O. The van der Waals surface area contributed by atoms with Crippen LogP contribution in [0.15, 0.2) is 0 Å². The zero-order valence-corrected chi connectivity index (χ0v) is 13.6. The van der Waals surface area contributed by atoms with E-state index in [0.29, 0.717) is 19.3 Å². The third-order valence-electron chi connectivity index (χ3n) is 3.22. The summed E-state index contributed by atoms with van der Waals surface area (Å²) in [6, 6.07) is -0.970. The van der Waals surface area contributed by atoms with Gasteiger partial charge >= 0.3 is 5.97 Å². The Morgan fingerprint density at radius 2 is 1.76 bits per heavy atom. The molecule has 1 amide bonds. The van der Waals surface area contributed by atoms with Crippen molar-refractivity contribution in [3.05, 3.63) is 0 Å². The average molecular weight is 322 g/mol. The quantitative estimate of drug-likeness (QED) is 0.525. The lowest BCUT2D eigenvalue weighted by Gasteiger charge is -2.17. The van der Waals surface area contributed by atoms with Gasteiger partial charge < -0.3 is 16.2 Å². The molecule has 0 aromatic heterocycles. The highest BCUT2D eigenvalue weighted by molar-refractivity contribution is 7.90. The number of nitrogens with two attached hydrogens (primary N) is 1. The molecule has 0 fully saturated rings. The molecule has 0 heterocycles. The molecule has 4 N–H and O–H groups in total. The molecule has 124 valence electrons. The van der Waals surface area contributed by atoms with Crippen molar-refractivity contribution in [1.29, 1.82) is 0 Å². The third-order valence-corrected chi connectivity index (χ3v) is 4.20. The standard InChI is InChI=1S/C13H26N2O5S/c1-9(13(17)18)5-4-6-10(2)15-12(16)11(14)7-8-21(3,19)20/h9-11H,4-8,14H2,1-3H3,(H,15,16)(H,17,18). The summed E-state index contributed by atoms with van der Waals surface area (Å²) in [5, 5.41) is 11.5. The van der Waals surface area contributed by atoms with Gasteiger partial charge in [-0.25, -0.2) is 8.42 Å². The third kappa shape index (κ3) is 10.3. The lowest BCUT2D eigenvalue weighted by molar-refractivity contribution is -0.141.